The minimum atomic E-state index is -0.792. The molecular weight excluding hydrogens is 522 g/mol. The molecule has 0 bridgehead atoms. The molecule has 10 nitrogen and oxygen atoms in total. The number of rotatable bonds is 8. The van der Waals surface area contributed by atoms with E-state index < -0.39 is 47.1 Å². The number of hydrogen-bond donors (Lipinski definition) is 2. The van der Waals surface area contributed by atoms with Gasteiger partial charge in [0.2, 0.25) is 5.91 Å². The van der Waals surface area contributed by atoms with Crippen molar-refractivity contribution in [3.8, 4) is 0 Å². The molecular formula is C28H31N3O7S. The third kappa shape index (κ3) is 6.79. The molecule has 2 atom stereocenters. The summed E-state index contributed by atoms with van der Waals surface area (Å²) in [4.78, 5) is 51.9. The Kier molecular flexibility index (Phi) is 8.61. The lowest BCUT2D eigenvalue weighted by Gasteiger charge is -2.49. The molecule has 0 saturated carbocycles. The predicted octanol–water partition coefficient (Wildman–Crippen LogP) is 3.45. The maximum absolute atomic E-state index is 13.7. The standard InChI is InChI=1S/C28H31N3O7S/c1-17(32)36-15-20-16-39-25-21(29-30-27(35)38-28(2,3)4)24(33)31(25)22(20)26(34)37-23(18-11-7-5-8-12-18)19-13-9-6-10-14-19/h5-14,21,23,25,29H,15-16H2,1-4H3,(H,30,35)/t21-,25-/m1/s1. The molecule has 4 rings (SSSR count). The van der Waals surface area contributed by atoms with Gasteiger partial charge >= 0.3 is 18.0 Å². The van der Waals surface area contributed by atoms with Crippen molar-refractivity contribution in [3.63, 3.8) is 0 Å². The maximum atomic E-state index is 13.7. The maximum Gasteiger partial charge on any atom is 0.422 e. The molecule has 2 aromatic rings. The van der Waals surface area contributed by atoms with E-state index in [0.717, 1.165) is 11.1 Å². The van der Waals surface area contributed by atoms with Crippen LogP contribution in [0, 0.1) is 0 Å². The fourth-order valence-corrected chi connectivity index (χ4v) is 5.49. The van der Waals surface area contributed by atoms with Crippen LogP contribution in [0.3, 0.4) is 0 Å². The van der Waals surface area contributed by atoms with Gasteiger partial charge in [-0.15, -0.1) is 11.8 Å². The summed E-state index contributed by atoms with van der Waals surface area (Å²) in [6.07, 6.45) is -1.46. The Labute approximate surface area is 231 Å². The van der Waals surface area contributed by atoms with Gasteiger partial charge < -0.3 is 14.2 Å². The van der Waals surface area contributed by atoms with Gasteiger partial charge in [-0.25, -0.2) is 15.0 Å². The normalized spacial score (nSPS) is 18.7. The van der Waals surface area contributed by atoms with Crippen LogP contribution < -0.4 is 10.9 Å². The molecule has 0 unspecified atom stereocenters. The van der Waals surface area contributed by atoms with Crippen molar-refractivity contribution < 1.29 is 33.4 Å². The third-order valence-electron chi connectivity index (χ3n) is 5.85. The number of carbonyl (C=O) groups is 4. The lowest BCUT2D eigenvalue weighted by atomic mass is 10.0. The summed E-state index contributed by atoms with van der Waals surface area (Å²) < 4.78 is 16.4. The summed E-state index contributed by atoms with van der Waals surface area (Å²) in [5.74, 6) is -1.35. The SMILES string of the molecule is CC(=O)OCC1=C(C(=O)OC(c2ccccc2)c2ccccc2)N2C(=O)[C@@H](NNC(=O)OC(C)(C)C)[C@H]2SC1. The van der Waals surface area contributed by atoms with Gasteiger partial charge in [0.05, 0.1) is 0 Å². The first-order valence-corrected chi connectivity index (χ1v) is 13.5. The molecule has 1 fully saturated rings. The minimum Gasteiger partial charge on any atom is -0.461 e. The van der Waals surface area contributed by atoms with Crippen LogP contribution in [0.5, 0.6) is 0 Å². The highest BCUT2D eigenvalue weighted by molar-refractivity contribution is 8.00. The van der Waals surface area contributed by atoms with Crippen molar-refractivity contribution in [1.29, 1.82) is 0 Å². The lowest BCUT2D eigenvalue weighted by Crippen LogP contribution is -2.72. The van der Waals surface area contributed by atoms with E-state index in [0.29, 0.717) is 11.3 Å². The first-order valence-electron chi connectivity index (χ1n) is 12.4. The van der Waals surface area contributed by atoms with Crippen LogP contribution in [0.4, 0.5) is 4.79 Å². The molecule has 1 saturated heterocycles. The van der Waals surface area contributed by atoms with Crippen molar-refractivity contribution >= 4 is 35.7 Å². The van der Waals surface area contributed by atoms with Gasteiger partial charge in [-0.1, -0.05) is 60.7 Å². The van der Waals surface area contributed by atoms with Crippen LogP contribution in [0.2, 0.25) is 0 Å². The number of thioether (sulfide) groups is 1. The van der Waals surface area contributed by atoms with Crippen molar-refractivity contribution in [2.75, 3.05) is 12.4 Å². The van der Waals surface area contributed by atoms with E-state index in [1.165, 1.54) is 23.6 Å². The molecule has 2 amide bonds. The van der Waals surface area contributed by atoms with Crippen molar-refractivity contribution in [3.05, 3.63) is 83.1 Å². The number of amides is 2. The number of nitrogens with one attached hydrogen (secondary N) is 2. The third-order valence-corrected chi connectivity index (χ3v) is 7.19. The molecule has 2 heterocycles. The number of β-lactam (4-membered cyclic amide) rings is 1. The molecule has 2 aromatic carbocycles. The number of nitrogens with zero attached hydrogens (tertiary/aromatic N) is 1. The molecule has 0 aromatic heterocycles. The van der Waals surface area contributed by atoms with E-state index in [-0.39, 0.29) is 12.3 Å². The second-order valence-electron chi connectivity index (χ2n) is 10.00. The Hall–Kier alpha value is -3.83. The average Bonchev–Trinajstić information content (AvgIpc) is 2.89. The number of ether oxygens (including phenoxy) is 3. The summed E-state index contributed by atoms with van der Waals surface area (Å²) in [6, 6.07) is 17.8. The molecule has 0 spiro atoms. The molecule has 0 radical (unpaired) electrons. The fourth-order valence-electron chi connectivity index (χ4n) is 4.16. The van der Waals surface area contributed by atoms with Crippen LogP contribution in [0.15, 0.2) is 71.9 Å². The summed E-state index contributed by atoms with van der Waals surface area (Å²) >= 11 is 1.38. The van der Waals surface area contributed by atoms with E-state index >= 15 is 0 Å². The first kappa shape index (κ1) is 28.2. The zero-order valence-corrected chi connectivity index (χ0v) is 22.9. The Bertz CT molecular complexity index is 1220. The number of esters is 2. The number of hydrogen-bond acceptors (Lipinski definition) is 9. The predicted molar refractivity (Wildman–Crippen MR) is 144 cm³/mol. The second-order valence-corrected chi connectivity index (χ2v) is 11.1. The monoisotopic (exact) mass is 553 g/mol. The summed E-state index contributed by atoms with van der Waals surface area (Å²) in [5.41, 5.74) is 6.43. The summed E-state index contributed by atoms with van der Waals surface area (Å²) in [7, 11) is 0. The van der Waals surface area contributed by atoms with Crippen LogP contribution in [-0.2, 0) is 28.6 Å². The van der Waals surface area contributed by atoms with E-state index in [2.05, 4.69) is 10.9 Å². The summed E-state index contributed by atoms with van der Waals surface area (Å²) in [5, 5.41) is -0.497. The fraction of sp³-hybridized carbons (Fsp3) is 0.357. The molecule has 11 heteroatoms. The Morgan fingerprint density at radius 2 is 1.62 bits per heavy atom. The quantitative estimate of drug-likeness (QED) is 0.219. The Morgan fingerprint density at radius 3 is 2.15 bits per heavy atom. The van der Waals surface area contributed by atoms with E-state index in [4.69, 9.17) is 14.2 Å². The van der Waals surface area contributed by atoms with E-state index in [9.17, 15) is 19.2 Å². The van der Waals surface area contributed by atoms with E-state index in [1.807, 2.05) is 60.7 Å². The average molecular weight is 554 g/mol. The molecule has 39 heavy (non-hydrogen) atoms. The molecule has 0 aliphatic carbocycles. The largest absolute Gasteiger partial charge is 0.461 e. The number of fused-ring (bicyclic) bond motifs is 1. The van der Waals surface area contributed by atoms with Gasteiger partial charge in [0.15, 0.2) is 6.10 Å². The Balaban J connectivity index is 1.58. The number of hydrazine groups is 1. The smallest absolute Gasteiger partial charge is 0.422 e. The van der Waals surface area contributed by atoms with Crippen LogP contribution >= 0.6 is 11.8 Å². The number of carbonyl (C=O) groups excluding carboxylic acids is 4. The van der Waals surface area contributed by atoms with Gasteiger partial charge in [0.1, 0.15) is 29.3 Å². The highest BCUT2D eigenvalue weighted by atomic mass is 32.2. The minimum absolute atomic E-state index is 0.0391. The van der Waals surface area contributed by atoms with Crippen molar-refractivity contribution in [1.82, 2.24) is 15.8 Å². The van der Waals surface area contributed by atoms with Gasteiger partial charge in [-0.2, -0.15) is 0 Å². The van der Waals surface area contributed by atoms with Crippen LogP contribution in [0.25, 0.3) is 0 Å². The molecule has 2 N–H and O–H groups in total. The summed E-state index contributed by atoms with van der Waals surface area (Å²) in [6.45, 7) is 6.30. The first-order chi connectivity index (χ1) is 18.5. The van der Waals surface area contributed by atoms with Crippen LogP contribution in [-0.4, -0.2) is 58.2 Å². The van der Waals surface area contributed by atoms with Crippen molar-refractivity contribution in [2.24, 2.45) is 0 Å². The molecule has 206 valence electrons. The second kappa shape index (κ2) is 11.9. The zero-order chi connectivity index (χ0) is 28.2. The lowest BCUT2D eigenvalue weighted by molar-refractivity contribution is -0.154. The topological polar surface area (TPSA) is 123 Å². The highest BCUT2D eigenvalue weighted by Gasteiger charge is 2.54. The highest BCUT2D eigenvalue weighted by Crippen LogP contribution is 2.41. The zero-order valence-electron chi connectivity index (χ0n) is 22.1. The Morgan fingerprint density at radius 1 is 1.03 bits per heavy atom. The van der Waals surface area contributed by atoms with Gasteiger partial charge in [-0.05, 0) is 31.9 Å². The number of benzene rings is 2. The van der Waals surface area contributed by atoms with Gasteiger partial charge in [-0.3, -0.25) is 19.9 Å². The molecule has 2 aliphatic rings. The molecule has 2 aliphatic heterocycles. The van der Waals surface area contributed by atoms with Gasteiger partial charge in [0, 0.05) is 18.2 Å². The van der Waals surface area contributed by atoms with Crippen LogP contribution in [0.1, 0.15) is 44.9 Å². The van der Waals surface area contributed by atoms with E-state index in [1.54, 1.807) is 20.8 Å². The van der Waals surface area contributed by atoms with Gasteiger partial charge in [0.25, 0.3) is 0 Å². The van der Waals surface area contributed by atoms with Crippen molar-refractivity contribution in [2.45, 2.75) is 50.8 Å².